The summed E-state index contributed by atoms with van der Waals surface area (Å²) in [6.45, 7) is 9.42. The van der Waals surface area contributed by atoms with Crippen molar-refractivity contribution in [3.05, 3.63) is 88.6 Å². The third-order valence-corrected chi connectivity index (χ3v) is 5.07. The molecule has 0 amide bonds. The summed E-state index contributed by atoms with van der Waals surface area (Å²) in [5.41, 5.74) is 5.11. The number of aromatic nitrogens is 1. The molecular weight excluding hydrogens is 322 g/mol. The van der Waals surface area contributed by atoms with Gasteiger partial charge in [0.1, 0.15) is 11.5 Å². The molecule has 0 bridgehead atoms. The van der Waals surface area contributed by atoms with Gasteiger partial charge in [0.05, 0.1) is 0 Å². The quantitative estimate of drug-likeness (QED) is 0.570. The molecular formula is C23H25NO2. The fourth-order valence-electron chi connectivity index (χ4n) is 3.62. The Morgan fingerprint density at radius 2 is 1.85 bits per heavy atom. The van der Waals surface area contributed by atoms with E-state index in [-0.39, 0.29) is 5.43 Å². The first kappa shape index (κ1) is 18.0. The van der Waals surface area contributed by atoms with Crippen LogP contribution < -0.4 is 10.2 Å². The van der Waals surface area contributed by atoms with E-state index in [0.29, 0.717) is 11.5 Å². The number of rotatable bonds is 5. The Hall–Kier alpha value is -2.81. The van der Waals surface area contributed by atoms with Crippen molar-refractivity contribution < 1.29 is 4.74 Å². The maximum atomic E-state index is 13.1. The van der Waals surface area contributed by atoms with E-state index in [1.165, 1.54) is 5.69 Å². The lowest BCUT2D eigenvalue weighted by Crippen LogP contribution is -2.25. The van der Waals surface area contributed by atoms with Crippen molar-refractivity contribution in [1.82, 2.24) is 4.57 Å². The van der Waals surface area contributed by atoms with Crippen LogP contribution in [-0.4, -0.2) is 4.57 Å². The van der Waals surface area contributed by atoms with Crippen LogP contribution in [0.25, 0.3) is 11.1 Å². The summed E-state index contributed by atoms with van der Waals surface area (Å²) in [5.74, 6) is 1.34. The highest BCUT2D eigenvalue weighted by atomic mass is 16.5. The predicted octanol–water partition coefficient (Wildman–Crippen LogP) is 4.87. The third-order valence-electron chi connectivity index (χ3n) is 5.07. The summed E-state index contributed by atoms with van der Waals surface area (Å²) in [4.78, 5) is 13.1. The van der Waals surface area contributed by atoms with Crippen LogP contribution in [0.15, 0.2) is 66.2 Å². The molecule has 1 heterocycles. The van der Waals surface area contributed by atoms with E-state index in [9.17, 15) is 4.79 Å². The van der Waals surface area contributed by atoms with Gasteiger partial charge in [-0.3, -0.25) is 4.79 Å². The Labute approximate surface area is 154 Å². The summed E-state index contributed by atoms with van der Waals surface area (Å²) in [6, 6.07) is 7.66. The molecule has 3 nitrogen and oxygen atoms in total. The first-order valence-corrected chi connectivity index (χ1v) is 9.01. The van der Waals surface area contributed by atoms with Gasteiger partial charge in [0.2, 0.25) is 0 Å². The Morgan fingerprint density at radius 1 is 1.15 bits per heavy atom. The third kappa shape index (κ3) is 3.30. The van der Waals surface area contributed by atoms with Gasteiger partial charge < -0.3 is 9.30 Å². The number of nitrogens with zero attached hydrogens (tertiary/aromatic N) is 1. The van der Waals surface area contributed by atoms with Gasteiger partial charge in [-0.25, -0.2) is 0 Å². The monoisotopic (exact) mass is 347 g/mol. The Bertz CT molecular complexity index is 930. The first-order chi connectivity index (χ1) is 12.6. The van der Waals surface area contributed by atoms with Crippen molar-refractivity contribution in [3.8, 4) is 16.9 Å². The van der Waals surface area contributed by atoms with Gasteiger partial charge in [-0.1, -0.05) is 31.4 Å². The van der Waals surface area contributed by atoms with E-state index in [1.807, 2.05) is 31.2 Å². The molecule has 0 fully saturated rings. The van der Waals surface area contributed by atoms with Gasteiger partial charge in [0.15, 0.2) is 5.43 Å². The zero-order chi connectivity index (χ0) is 18.7. The smallest absolute Gasteiger partial charge is 0.193 e. The Balaban J connectivity index is 2.01. The van der Waals surface area contributed by atoms with Gasteiger partial charge >= 0.3 is 0 Å². The van der Waals surface area contributed by atoms with Crippen LogP contribution in [-0.2, 0) is 19.9 Å². The van der Waals surface area contributed by atoms with Crippen molar-refractivity contribution in [1.29, 1.82) is 0 Å². The lowest BCUT2D eigenvalue weighted by atomic mass is 9.91. The van der Waals surface area contributed by atoms with Gasteiger partial charge in [-0.05, 0) is 62.5 Å². The maximum Gasteiger partial charge on any atom is 0.193 e. The highest BCUT2D eigenvalue weighted by Crippen LogP contribution is 2.27. The topological polar surface area (TPSA) is 31.2 Å². The van der Waals surface area contributed by atoms with Crippen LogP contribution in [0.2, 0.25) is 0 Å². The minimum absolute atomic E-state index is 0.183. The highest BCUT2D eigenvalue weighted by molar-refractivity contribution is 5.68. The predicted molar refractivity (Wildman–Crippen MR) is 108 cm³/mol. The second-order valence-electron chi connectivity index (χ2n) is 6.62. The first-order valence-electron chi connectivity index (χ1n) is 9.01. The highest BCUT2D eigenvalue weighted by Gasteiger charge is 2.21. The molecule has 3 rings (SSSR count). The van der Waals surface area contributed by atoms with E-state index >= 15 is 0 Å². The van der Waals surface area contributed by atoms with Gasteiger partial charge in [0.25, 0.3) is 0 Å². The van der Waals surface area contributed by atoms with Crippen LogP contribution in [0, 0.1) is 6.92 Å². The van der Waals surface area contributed by atoms with Crippen molar-refractivity contribution >= 4 is 0 Å². The van der Waals surface area contributed by atoms with Crippen LogP contribution >= 0.6 is 0 Å². The lowest BCUT2D eigenvalue weighted by Gasteiger charge is -2.23. The number of benzene rings is 1. The Kier molecular flexibility index (Phi) is 5.27. The molecule has 0 N–H and O–H groups in total. The zero-order valence-corrected chi connectivity index (χ0v) is 15.5. The largest absolute Gasteiger partial charge is 0.457 e. The molecule has 1 aliphatic carbocycles. The fraction of sp³-hybridized carbons (Fsp3) is 0.261. The molecule has 1 aromatic heterocycles. The van der Waals surface area contributed by atoms with E-state index in [1.54, 1.807) is 18.2 Å². The summed E-state index contributed by atoms with van der Waals surface area (Å²) >= 11 is 0. The number of allylic oxidation sites excluding steroid dienone is 3. The SMILES string of the molecule is C=C/C=C(\C=C)Oc1ccc(-c2c(C)n(C)c3c(c2=O)CCCC3)cc1. The molecule has 0 aliphatic heterocycles. The Morgan fingerprint density at radius 3 is 2.50 bits per heavy atom. The molecule has 0 radical (unpaired) electrons. The molecule has 134 valence electrons. The molecule has 26 heavy (non-hydrogen) atoms. The van der Waals surface area contributed by atoms with E-state index in [0.717, 1.165) is 48.1 Å². The summed E-state index contributed by atoms with van der Waals surface area (Å²) < 4.78 is 7.95. The lowest BCUT2D eigenvalue weighted by molar-refractivity contribution is 0.445. The van der Waals surface area contributed by atoms with E-state index in [2.05, 4.69) is 24.8 Å². The number of hydrogen-bond acceptors (Lipinski definition) is 2. The molecule has 1 aliphatic rings. The zero-order valence-electron chi connectivity index (χ0n) is 15.5. The molecule has 0 atom stereocenters. The molecule has 2 aromatic rings. The summed E-state index contributed by atoms with van der Waals surface area (Å²) in [7, 11) is 2.07. The van der Waals surface area contributed by atoms with Crippen molar-refractivity contribution in [2.24, 2.45) is 7.05 Å². The van der Waals surface area contributed by atoms with Crippen molar-refractivity contribution in [3.63, 3.8) is 0 Å². The van der Waals surface area contributed by atoms with Crippen LogP contribution in [0.1, 0.15) is 29.8 Å². The van der Waals surface area contributed by atoms with Crippen molar-refractivity contribution in [2.75, 3.05) is 0 Å². The molecule has 0 unspecified atom stereocenters. The average Bonchev–Trinajstić information content (AvgIpc) is 2.67. The summed E-state index contributed by atoms with van der Waals surface area (Å²) in [6.07, 6.45) is 9.18. The van der Waals surface area contributed by atoms with Crippen LogP contribution in [0.5, 0.6) is 5.75 Å². The molecule has 0 saturated heterocycles. The maximum absolute atomic E-state index is 13.1. The fourth-order valence-corrected chi connectivity index (χ4v) is 3.62. The minimum atomic E-state index is 0.183. The second kappa shape index (κ2) is 7.61. The van der Waals surface area contributed by atoms with E-state index < -0.39 is 0 Å². The average molecular weight is 347 g/mol. The second-order valence-corrected chi connectivity index (χ2v) is 6.62. The number of hydrogen-bond donors (Lipinski definition) is 0. The number of fused-ring (bicyclic) bond motifs is 1. The molecule has 0 spiro atoms. The van der Waals surface area contributed by atoms with Crippen molar-refractivity contribution in [2.45, 2.75) is 32.6 Å². The van der Waals surface area contributed by atoms with Gasteiger partial charge in [-0.2, -0.15) is 0 Å². The van der Waals surface area contributed by atoms with Crippen LogP contribution in [0.4, 0.5) is 0 Å². The van der Waals surface area contributed by atoms with Gasteiger partial charge in [-0.15, -0.1) is 0 Å². The molecule has 1 aromatic carbocycles. The minimum Gasteiger partial charge on any atom is -0.457 e. The molecule has 0 saturated carbocycles. The normalized spacial score (nSPS) is 13.8. The number of ether oxygens (including phenoxy) is 1. The standard InChI is InChI=1S/C23H25NO2/c1-5-9-18(6-2)26-19-14-12-17(13-15-19)22-16(3)24(4)21-11-8-7-10-20(21)23(22)25/h5-6,9,12-15H,1-2,7-8,10-11H2,3-4H3/b18-9+. The number of pyridine rings is 1. The summed E-state index contributed by atoms with van der Waals surface area (Å²) in [5, 5.41) is 0. The van der Waals surface area contributed by atoms with Crippen LogP contribution in [0.3, 0.4) is 0 Å². The van der Waals surface area contributed by atoms with E-state index in [4.69, 9.17) is 4.74 Å². The van der Waals surface area contributed by atoms with Gasteiger partial charge in [0, 0.05) is 29.6 Å². The molecule has 3 heteroatoms.